The maximum atomic E-state index is 14.5. The molecule has 0 saturated carbocycles. The van der Waals surface area contributed by atoms with Gasteiger partial charge in [-0.1, -0.05) is 36.2 Å². The molecule has 0 spiro atoms. The highest BCUT2D eigenvalue weighted by Gasteiger charge is 2.33. The molecule has 0 radical (unpaired) electrons. The molecule has 1 saturated heterocycles. The van der Waals surface area contributed by atoms with Crippen LogP contribution >= 0.6 is 23.2 Å². The second-order valence-corrected chi connectivity index (χ2v) is 9.56. The lowest BCUT2D eigenvalue weighted by molar-refractivity contribution is 0.0899. The molecule has 1 aliphatic rings. The van der Waals surface area contributed by atoms with Gasteiger partial charge in [0.05, 0.1) is 22.4 Å². The molecule has 0 bridgehead atoms. The molecule has 10 heteroatoms. The van der Waals surface area contributed by atoms with Crippen LogP contribution in [0.1, 0.15) is 27.6 Å². The summed E-state index contributed by atoms with van der Waals surface area (Å²) in [6, 6.07) is 10.7. The van der Waals surface area contributed by atoms with Crippen LogP contribution in [0.15, 0.2) is 48.7 Å². The van der Waals surface area contributed by atoms with E-state index >= 15 is 0 Å². The molecule has 2 N–H and O–H groups in total. The first-order valence-electron chi connectivity index (χ1n) is 11.2. The highest BCUT2D eigenvalue weighted by molar-refractivity contribution is 6.34. The summed E-state index contributed by atoms with van der Waals surface area (Å²) in [7, 11) is 3.18. The number of carbonyl (C=O) groups excluding carboxylic acids is 2. The van der Waals surface area contributed by atoms with Gasteiger partial charge in [-0.3, -0.25) is 14.5 Å². The van der Waals surface area contributed by atoms with Crippen LogP contribution < -0.4 is 15.5 Å². The van der Waals surface area contributed by atoms with Crippen molar-refractivity contribution in [2.45, 2.75) is 13.0 Å². The predicted molar refractivity (Wildman–Crippen MR) is 140 cm³/mol. The summed E-state index contributed by atoms with van der Waals surface area (Å²) in [6.45, 7) is 3.29. The number of nitrogens with zero attached hydrogens (tertiary/aromatic N) is 3. The fourth-order valence-electron chi connectivity index (χ4n) is 4.39. The lowest BCUT2D eigenvalue weighted by Crippen LogP contribution is -2.31. The molecule has 2 heterocycles. The number of pyridine rings is 1. The summed E-state index contributed by atoms with van der Waals surface area (Å²) >= 11 is 12.6. The number of hydrogen-bond donors (Lipinski definition) is 1. The Morgan fingerprint density at radius 1 is 1.17 bits per heavy atom. The number of aromatic nitrogens is 1. The first kappa shape index (κ1) is 25.9. The van der Waals surface area contributed by atoms with Gasteiger partial charge in [-0.25, -0.2) is 9.37 Å². The Morgan fingerprint density at radius 3 is 2.56 bits per heavy atom. The van der Waals surface area contributed by atoms with E-state index in [9.17, 15) is 14.0 Å². The number of primary amides is 1. The largest absolute Gasteiger partial charge is 0.379 e. The van der Waals surface area contributed by atoms with Gasteiger partial charge in [-0.2, -0.15) is 0 Å². The average molecular weight is 531 g/mol. The molecule has 7 nitrogen and oxygen atoms in total. The van der Waals surface area contributed by atoms with Crippen LogP contribution in [0.4, 0.5) is 15.9 Å². The molecule has 1 fully saturated rings. The number of anilines is 2. The molecule has 188 valence electrons. The average Bonchev–Trinajstić information content (AvgIpc) is 3.23. The Hall–Kier alpha value is -3.20. The van der Waals surface area contributed by atoms with E-state index in [1.807, 2.05) is 6.07 Å². The first-order chi connectivity index (χ1) is 17.1. The topological polar surface area (TPSA) is 88.8 Å². The van der Waals surface area contributed by atoms with Crippen molar-refractivity contribution < 1.29 is 18.7 Å². The van der Waals surface area contributed by atoms with Gasteiger partial charge >= 0.3 is 0 Å². The Morgan fingerprint density at radius 2 is 1.92 bits per heavy atom. The molecular weight excluding hydrogens is 506 g/mol. The van der Waals surface area contributed by atoms with E-state index in [4.69, 9.17) is 33.7 Å². The van der Waals surface area contributed by atoms with E-state index < -0.39 is 17.6 Å². The highest BCUT2D eigenvalue weighted by atomic mass is 35.5. The van der Waals surface area contributed by atoms with Crippen LogP contribution in [-0.2, 0) is 4.74 Å². The van der Waals surface area contributed by atoms with Crippen LogP contribution in [0.3, 0.4) is 0 Å². The van der Waals surface area contributed by atoms with Gasteiger partial charge in [-0.15, -0.1) is 0 Å². The van der Waals surface area contributed by atoms with Crippen LogP contribution in [0.25, 0.3) is 11.1 Å². The minimum absolute atomic E-state index is 0.00862. The lowest BCUT2D eigenvalue weighted by Gasteiger charge is -2.27. The fourth-order valence-corrected chi connectivity index (χ4v) is 4.86. The molecule has 0 aliphatic carbocycles. The zero-order valence-corrected chi connectivity index (χ0v) is 21.5. The van der Waals surface area contributed by atoms with Crippen molar-refractivity contribution in [2.24, 2.45) is 11.7 Å². The predicted octanol–water partition coefficient (Wildman–Crippen LogP) is 5.04. The molecule has 36 heavy (non-hydrogen) atoms. The second-order valence-electron chi connectivity index (χ2n) is 8.74. The fraction of sp³-hybridized carbons (Fsp3) is 0.269. The van der Waals surface area contributed by atoms with Crippen molar-refractivity contribution in [3.8, 4) is 11.1 Å². The first-order valence-corrected chi connectivity index (χ1v) is 12.0. The maximum absolute atomic E-state index is 14.5. The number of nitrogens with two attached hydrogens (primary N) is 1. The van der Waals surface area contributed by atoms with Gasteiger partial charge in [-0.05, 0) is 36.4 Å². The number of ether oxygens (including phenoxy) is 1. The standard InChI is InChI=1S/C26H25Cl2FN4O3/c1-14-12-33(13-22(14)36-3)21-10-16(17-9-15(24(30)34)7-8-18(17)27)11-31-25(21)32(2)26(35)23-19(28)5-4-6-20(23)29/h4-11,14,22H,12-13H2,1-3H3,(H2,30,34)/t14?,22-/m1/s1. The van der Waals surface area contributed by atoms with E-state index in [-0.39, 0.29) is 22.6 Å². The smallest absolute Gasteiger partial charge is 0.263 e. The summed E-state index contributed by atoms with van der Waals surface area (Å²) < 4.78 is 20.1. The van der Waals surface area contributed by atoms with E-state index in [0.717, 1.165) is 0 Å². The third-order valence-electron chi connectivity index (χ3n) is 6.39. The number of halogens is 3. The molecule has 2 aromatic carbocycles. The Labute approximate surface area is 218 Å². The van der Waals surface area contributed by atoms with E-state index in [0.29, 0.717) is 46.3 Å². The molecule has 4 rings (SSSR count). The lowest BCUT2D eigenvalue weighted by atomic mass is 10.0. The number of hydrogen-bond acceptors (Lipinski definition) is 5. The number of amides is 2. The molecule has 2 atom stereocenters. The summed E-state index contributed by atoms with van der Waals surface area (Å²) in [5, 5.41) is 0.418. The van der Waals surface area contributed by atoms with Crippen LogP contribution in [-0.4, -0.2) is 50.1 Å². The Balaban J connectivity index is 1.83. The Kier molecular flexibility index (Phi) is 7.49. The summed E-state index contributed by atoms with van der Waals surface area (Å²) in [5.41, 5.74) is 7.34. The van der Waals surface area contributed by atoms with Gasteiger partial charge in [0.25, 0.3) is 5.91 Å². The van der Waals surface area contributed by atoms with Gasteiger partial charge in [0, 0.05) is 61.1 Å². The summed E-state index contributed by atoms with van der Waals surface area (Å²) in [6.07, 6.45) is 1.52. The third-order valence-corrected chi connectivity index (χ3v) is 7.04. The summed E-state index contributed by atoms with van der Waals surface area (Å²) in [4.78, 5) is 33.0. The molecule has 1 aromatic heterocycles. The van der Waals surface area contributed by atoms with Crippen LogP contribution in [0.5, 0.6) is 0 Å². The monoisotopic (exact) mass is 530 g/mol. The highest BCUT2D eigenvalue weighted by Crippen LogP contribution is 2.38. The molecule has 2 amide bonds. The third kappa shape index (κ3) is 4.89. The maximum Gasteiger partial charge on any atom is 0.263 e. The van der Waals surface area contributed by atoms with Gasteiger partial charge in [0.1, 0.15) is 5.82 Å². The SMILES string of the molecule is CO[C@@H]1CN(c2cc(-c3cc(C(N)=O)ccc3Cl)cnc2N(C)C(=O)c2c(F)cccc2Cl)CC1C. The minimum atomic E-state index is -0.721. The van der Waals surface area contributed by atoms with Crippen LogP contribution in [0.2, 0.25) is 10.0 Å². The van der Waals surface area contributed by atoms with Crippen molar-refractivity contribution in [3.05, 3.63) is 75.7 Å². The van der Waals surface area contributed by atoms with Gasteiger partial charge < -0.3 is 15.4 Å². The number of carbonyl (C=O) groups is 2. The van der Waals surface area contributed by atoms with Crippen molar-refractivity contribution in [1.82, 2.24) is 4.98 Å². The van der Waals surface area contributed by atoms with Crippen LogP contribution in [0, 0.1) is 11.7 Å². The molecule has 1 unspecified atom stereocenters. The number of methoxy groups -OCH3 is 1. The Bertz CT molecular complexity index is 1320. The van der Waals surface area contributed by atoms with E-state index in [2.05, 4.69) is 16.8 Å². The van der Waals surface area contributed by atoms with Crippen molar-refractivity contribution in [1.29, 1.82) is 0 Å². The second kappa shape index (κ2) is 10.4. The van der Waals surface area contributed by atoms with E-state index in [1.165, 1.54) is 30.1 Å². The molecular formula is C26H25Cl2FN4O3. The van der Waals surface area contributed by atoms with Gasteiger partial charge in [0.2, 0.25) is 5.91 Å². The summed E-state index contributed by atoms with van der Waals surface area (Å²) in [5.74, 6) is -1.41. The van der Waals surface area contributed by atoms with Crippen molar-refractivity contribution in [2.75, 3.05) is 37.0 Å². The number of rotatable bonds is 6. The normalized spacial score (nSPS) is 17.3. The molecule has 3 aromatic rings. The zero-order chi connectivity index (χ0) is 26.1. The quantitative estimate of drug-likeness (QED) is 0.482. The van der Waals surface area contributed by atoms with Crippen molar-refractivity contribution in [3.63, 3.8) is 0 Å². The zero-order valence-electron chi connectivity index (χ0n) is 20.0. The number of benzene rings is 2. The minimum Gasteiger partial charge on any atom is -0.379 e. The van der Waals surface area contributed by atoms with Crippen molar-refractivity contribution >= 4 is 46.5 Å². The molecule has 1 aliphatic heterocycles. The van der Waals surface area contributed by atoms with Gasteiger partial charge in [0.15, 0.2) is 5.82 Å². The van der Waals surface area contributed by atoms with E-state index in [1.54, 1.807) is 31.5 Å².